The summed E-state index contributed by atoms with van der Waals surface area (Å²) in [7, 11) is 1.23. The minimum absolute atomic E-state index is 0.0700. The van der Waals surface area contributed by atoms with Gasteiger partial charge in [0.15, 0.2) is 0 Å². The van der Waals surface area contributed by atoms with Crippen LogP contribution in [0.2, 0.25) is 0 Å². The fraction of sp³-hybridized carbons (Fsp3) is 0.250. The van der Waals surface area contributed by atoms with Crippen LogP contribution >= 0.6 is 0 Å². The van der Waals surface area contributed by atoms with Crippen molar-refractivity contribution in [2.75, 3.05) is 7.11 Å². The van der Waals surface area contributed by atoms with E-state index in [0.29, 0.717) is 12.4 Å². The van der Waals surface area contributed by atoms with E-state index >= 15 is 0 Å². The number of rotatable bonds is 11. The molecule has 8 heteroatoms. The molecule has 0 spiro atoms. The van der Waals surface area contributed by atoms with Crippen molar-refractivity contribution in [3.63, 3.8) is 0 Å². The number of carbonyl (C=O) groups excluding carboxylic acids is 3. The third-order valence-electron chi connectivity index (χ3n) is 5.49. The quantitative estimate of drug-likeness (QED) is 0.401. The fourth-order valence-electron chi connectivity index (χ4n) is 3.64. The third-order valence-corrected chi connectivity index (χ3v) is 5.49. The van der Waals surface area contributed by atoms with Crippen LogP contribution < -0.4 is 15.4 Å². The monoisotopic (exact) mass is 492 g/mol. The first kappa shape index (κ1) is 26.4. The molecular formula is C28H29FN2O5. The summed E-state index contributed by atoms with van der Waals surface area (Å²) in [6, 6.07) is 20.9. The van der Waals surface area contributed by atoms with Gasteiger partial charge in [-0.25, -0.2) is 9.18 Å². The van der Waals surface area contributed by atoms with Crippen molar-refractivity contribution in [3.8, 4) is 5.75 Å². The molecule has 3 rings (SSSR count). The molecule has 0 saturated carbocycles. The van der Waals surface area contributed by atoms with Crippen molar-refractivity contribution in [2.45, 2.75) is 38.5 Å². The molecular weight excluding hydrogens is 463 g/mol. The number of amides is 2. The van der Waals surface area contributed by atoms with Gasteiger partial charge in [-0.05, 0) is 34.9 Å². The summed E-state index contributed by atoms with van der Waals surface area (Å²) >= 11 is 0. The lowest BCUT2D eigenvalue weighted by atomic mass is 10.0. The van der Waals surface area contributed by atoms with Crippen LogP contribution in [0, 0.1) is 5.82 Å². The second-order valence-corrected chi connectivity index (χ2v) is 8.26. The maximum atomic E-state index is 14.1. The van der Waals surface area contributed by atoms with Crippen molar-refractivity contribution in [2.24, 2.45) is 0 Å². The Morgan fingerprint density at radius 2 is 1.47 bits per heavy atom. The summed E-state index contributed by atoms with van der Waals surface area (Å²) in [4.78, 5) is 37.1. The molecule has 0 aliphatic rings. The van der Waals surface area contributed by atoms with Crippen LogP contribution in [-0.2, 0) is 38.6 Å². The van der Waals surface area contributed by atoms with Crippen molar-refractivity contribution in [3.05, 3.63) is 101 Å². The predicted octanol–water partition coefficient (Wildman–Crippen LogP) is 3.35. The summed E-state index contributed by atoms with van der Waals surface area (Å²) in [5, 5.41) is 5.17. The first-order chi connectivity index (χ1) is 17.4. The maximum Gasteiger partial charge on any atom is 0.328 e. The lowest BCUT2D eigenvalue weighted by Gasteiger charge is -2.22. The summed E-state index contributed by atoms with van der Waals surface area (Å²) in [6.45, 7) is 1.69. The molecule has 7 nitrogen and oxygen atoms in total. The van der Waals surface area contributed by atoms with Crippen LogP contribution in [0.5, 0.6) is 5.75 Å². The third kappa shape index (κ3) is 7.94. The van der Waals surface area contributed by atoms with E-state index in [2.05, 4.69) is 10.6 Å². The van der Waals surface area contributed by atoms with Crippen LogP contribution in [0.25, 0.3) is 0 Å². The Balaban J connectivity index is 1.66. The number of methoxy groups -OCH3 is 1. The SMILES string of the molecule is COC(=O)[C@@H](Cc1ccc(OCc2ccccc2)cc1)NC(=O)[C@H](Cc1ccccc1F)NC(C)=O. The van der Waals surface area contributed by atoms with Gasteiger partial charge >= 0.3 is 5.97 Å². The molecule has 2 atom stereocenters. The molecule has 0 aliphatic heterocycles. The Kier molecular flexibility index (Phi) is 9.56. The number of hydrogen-bond acceptors (Lipinski definition) is 5. The second-order valence-electron chi connectivity index (χ2n) is 8.26. The topological polar surface area (TPSA) is 93.7 Å². The van der Waals surface area contributed by atoms with Crippen molar-refractivity contribution >= 4 is 17.8 Å². The normalized spacial score (nSPS) is 12.2. The molecule has 2 amide bonds. The summed E-state index contributed by atoms with van der Waals surface area (Å²) in [6.07, 6.45) is 0.0866. The summed E-state index contributed by atoms with van der Waals surface area (Å²) < 4.78 is 24.8. The van der Waals surface area contributed by atoms with Gasteiger partial charge in [-0.3, -0.25) is 9.59 Å². The van der Waals surface area contributed by atoms with Gasteiger partial charge in [0.05, 0.1) is 7.11 Å². The molecule has 36 heavy (non-hydrogen) atoms. The first-order valence-electron chi connectivity index (χ1n) is 11.5. The van der Waals surface area contributed by atoms with Crippen LogP contribution in [0.4, 0.5) is 4.39 Å². The molecule has 0 aromatic heterocycles. The van der Waals surface area contributed by atoms with Gasteiger partial charge in [-0.15, -0.1) is 0 Å². The molecule has 0 aliphatic carbocycles. The van der Waals surface area contributed by atoms with Crippen LogP contribution in [-0.4, -0.2) is 37.0 Å². The number of esters is 1. The number of ether oxygens (including phenoxy) is 2. The first-order valence-corrected chi connectivity index (χ1v) is 11.5. The highest BCUT2D eigenvalue weighted by Gasteiger charge is 2.28. The van der Waals surface area contributed by atoms with Crippen molar-refractivity contribution < 1.29 is 28.2 Å². The number of hydrogen-bond donors (Lipinski definition) is 2. The molecule has 0 unspecified atom stereocenters. The van der Waals surface area contributed by atoms with E-state index < -0.39 is 35.7 Å². The van der Waals surface area contributed by atoms with Crippen LogP contribution in [0.15, 0.2) is 78.9 Å². The molecule has 2 N–H and O–H groups in total. The van der Waals surface area contributed by atoms with E-state index in [9.17, 15) is 18.8 Å². The van der Waals surface area contributed by atoms with E-state index in [1.165, 1.54) is 32.2 Å². The largest absolute Gasteiger partial charge is 0.489 e. The van der Waals surface area contributed by atoms with Crippen LogP contribution in [0.3, 0.4) is 0 Å². The highest BCUT2D eigenvalue weighted by Crippen LogP contribution is 2.16. The number of halogens is 1. The average molecular weight is 493 g/mol. The lowest BCUT2D eigenvalue weighted by molar-refractivity contribution is -0.145. The molecule has 3 aromatic carbocycles. The van der Waals surface area contributed by atoms with E-state index in [4.69, 9.17) is 9.47 Å². The Morgan fingerprint density at radius 1 is 0.806 bits per heavy atom. The van der Waals surface area contributed by atoms with Gasteiger partial charge in [0.2, 0.25) is 11.8 Å². The van der Waals surface area contributed by atoms with Crippen molar-refractivity contribution in [1.82, 2.24) is 10.6 Å². The Morgan fingerprint density at radius 3 is 2.11 bits per heavy atom. The fourth-order valence-corrected chi connectivity index (χ4v) is 3.64. The minimum Gasteiger partial charge on any atom is -0.489 e. The Labute approximate surface area is 209 Å². The van der Waals surface area contributed by atoms with E-state index in [1.807, 2.05) is 30.3 Å². The van der Waals surface area contributed by atoms with Crippen LogP contribution in [0.1, 0.15) is 23.6 Å². The van der Waals surface area contributed by atoms with Gasteiger partial charge in [-0.1, -0.05) is 60.7 Å². The highest BCUT2D eigenvalue weighted by atomic mass is 19.1. The highest BCUT2D eigenvalue weighted by molar-refractivity contribution is 5.90. The molecule has 0 fully saturated rings. The zero-order valence-electron chi connectivity index (χ0n) is 20.2. The van der Waals surface area contributed by atoms with Gasteiger partial charge in [0.25, 0.3) is 0 Å². The van der Waals surface area contributed by atoms with Gasteiger partial charge < -0.3 is 20.1 Å². The smallest absolute Gasteiger partial charge is 0.328 e. The van der Waals surface area contributed by atoms with Crippen molar-refractivity contribution in [1.29, 1.82) is 0 Å². The molecule has 0 radical (unpaired) electrons. The maximum absolute atomic E-state index is 14.1. The minimum atomic E-state index is -1.07. The van der Waals surface area contributed by atoms with E-state index in [-0.39, 0.29) is 18.4 Å². The van der Waals surface area contributed by atoms with E-state index in [0.717, 1.165) is 11.1 Å². The molecule has 188 valence electrons. The van der Waals surface area contributed by atoms with E-state index in [1.54, 1.807) is 30.3 Å². The molecule has 0 heterocycles. The van der Waals surface area contributed by atoms with Gasteiger partial charge in [-0.2, -0.15) is 0 Å². The zero-order chi connectivity index (χ0) is 25.9. The Hall–Kier alpha value is -4.20. The molecule has 3 aromatic rings. The number of nitrogens with one attached hydrogen (secondary N) is 2. The second kappa shape index (κ2) is 13.0. The van der Waals surface area contributed by atoms with Gasteiger partial charge in [0, 0.05) is 19.8 Å². The van der Waals surface area contributed by atoms with Gasteiger partial charge in [0.1, 0.15) is 30.3 Å². The average Bonchev–Trinajstić information content (AvgIpc) is 2.88. The lowest BCUT2D eigenvalue weighted by Crippen LogP contribution is -2.53. The summed E-state index contributed by atoms with van der Waals surface area (Å²) in [5.74, 6) is -1.53. The summed E-state index contributed by atoms with van der Waals surface area (Å²) in [5.41, 5.74) is 2.08. The standard InChI is InChI=1S/C28H29FN2O5/c1-19(32)30-25(17-22-10-6-7-11-24(22)29)27(33)31-26(28(34)35-2)16-20-12-14-23(15-13-20)36-18-21-8-4-3-5-9-21/h3-15,25-26H,16-18H2,1-2H3,(H,30,32)(H,31,33)/t25-,26+/m0/s1. The Bertz CT molecular complexity index is 1170. The number of benzene rings is 3. The predicted molar refractivity (Wildman–Crippen MR) is 133 cm³/mol. The molecule has 0 bridgehead atoms. The number of carbonyl (C=O) groups is 3. The molecule has 0 saturated heterocycles. The zero-order valence-corrected chi connectivity index (χ0v) is 20.2.